The zero-order valence-electron chi connectivity index (χ0n) is 8.33. The van der Waals surface area contributed by atoms with E-state index in [9.17, 15) is 4.79 Å². The smallest absolute Gasteiger partial charge is 0.300 e. The van der Waals surface area contributed by atoms with Crippen LogP contribution in [0, 0.1) is 6.57 Å². The molecule has 15 heavy (non-hydrogen) atoms. The number of hydrogen-bond acceptors (Lipinski definition) is 1. The zero-order valence-corrected chi connectivity index (χ0v) is 9.08. The fraction of sp³-hybridized carbons (Fsp3) is 0.273. The summed E-state index contributed by atoms with van der Waals surface area (Å²) in [4.78, 5) is 14.2. The second-order valence-electron chi connectivity index (χ2n) is 3.16. The Labute approximate surface area is 93.9 Å². The molecule has 1 aromatic rings. The molecular formula is C11H11ClN2O. The van der Waals surface area contributed by atoms with E-state index in [-0.39, 0.29) is 18.5 Å². The van der Waals surface area contributed by atoms with E-state index >= 15 is 0 Å². The number of carbonyl (C=O) groups excluding carboxylic acids is 1. The van der Waals surface area contributed by atoms with Crippen LogP contribution in [0.5, 0.6) is 0 Å². The van der Waals surface area contributed by atoms with E-state index in [4.69, 9.17) is 18.2 Å². The van der Waals surface area contributed by atoms with Crippen LogP contribution in [0.1, 0.15) is 18.5 Å². The summed E-state index contributed by atoms with van der Waals surface area (Å²) in [6.45, 7) is 8.30. The van der Waals surface area contributed by atoms with Crippen LogP contribution < -0.4 is 5.32 Å². The van der Waals surface area contributed by atoms with Crippen LogP contribution in [-0.2, 0) is 4.79 Å². The summed E-state index contributed by atoms with van der Waals surface area (Å²) in [5.41, 5.74) is 0.970. The Hall–Kier alpha value is -1.53. The Morgan fingerprint density at radius 1 is 1.53 bits per heavy atom. The Morgan fingerprint density at radius 2 is 2.13 bits per heavy atom. The van der Waals surface area contributed by atoms with E-state index < -0.39 is 0 Å². The number of hydrogen-bond donors (Lipinski definition) is 1. The summed E-state index contributed by atoms with van der Waals surface area (Å²) in [6, 6.07) is 7.15. The molecule has 4 heteroatoms. The Bertz CT molecular complexity index is 381. The second kappa shape index (κ2) is 5.38. The predicted octanol–water partition coefficient (Wildman–Crippen LogP) is 2.44. The summed E-state index contributed by atoms with van der Waals surface area (Å²) in [5, 5.41) is 3.39. The lowest BCUT2D eigenvalue weighted by atomic mass is 10.1. The summed E-state index contributed by atoms with van der Waals surface area (Å²) in [5.74, 6) is -0.257. The molecule has 0 saturated carbocycles. The average molecular weight is 223 g/mol. The Kier molecular flexibility index (Phi) is 4.14. The third-order valence-electron chi connectivity index (χ3n) is 1.97. The number of amides is 1. The highest BCUT2D eigenvalue weighted by atomic mass is 35.5. The number of nitrogens with one attached hydrogen (secondary N) is 1. The maximum absolute atomic E-state index is 11.1. The minimum absolute atomic E-state index is 0.100. The maximum atomic E-state index is 11.1. The molecule has 1 atom stereocenters. The van der Waals surface area contributed by atoms with Gasteiger partial charge in [-0.05, 0) is 24.6 Å². The van der Waals surface area contributed by atoms with Gasteiger partial charge >= 0.3 is 5.91 Å². The fourth-order valence-electron chi connectivity index (χ4n) is 1.19. The minimum atomic E-state index is -0.257. The third-order valence-corrected chi connectivity index (χ3v) is 2.22. The fourth-order valence-corrected chi connectivity index (χ4v) is 1.32. The number of nitrogens with zero attached hydrogens (tertiary/aromatic N) is 1. The van der Waals surface area contributed by atoms with Gasteiger partial charge in [0.2, 0.25) is 0 Å². The summed E-state index contributed by atoms with van der Waals surface area (Å²) >= 11 is 5.74. The van der Waals surface area contributed by atoms with Gasteiger partial charge < -0.3 is 10.2 Å². The highest BCUT2D eigenvalue weighted by molar-refractivity contribution is 6.30. The molecular weight excluding hydrogens is 212 g/mol. The van der Waals surface area contributed by atoms with Gasteiger partial charge in [0.1, 0.15) is 0 Å². The van der Waals surface area contributed by atoms with E-state index in [2.05, 4.69) is 10.2 Å². The second-order valence-corrected chi connectivity index (χ2v) is 3.59. The van der Waals surface area contributed by atoms with Crippen molar-refractivity contribution in [1.82, 2.24) is 5.32 Å². The summed E-state index contributed by atoms with van der Waals surface area (Å²) in [7, 11) is 0. The van der Waals surface area contributed by atoms with Gasteiger partial charge in [-0.3, -0.25) is 4.79 Å². The van der Waals surface area contributed by atoms with Crippen molar-refractivity contribution >= 4 is 17.5 Å². The molecule has 78 valence electrons. The highest BCUT2D eigenvalue weighted by Gasteiger charge is 2.10. The van der Waals surface area contributed by atoms with Gasteiger partial charge in [0.15, 0.2) is 0 Å². The minimum Gasteiger partial charge on any atom is -0.343 e. The lowest BCUT2D eigenvalue weighted by Crippen LogP contribution is -2.28. The first-order valence-corrected chi connectivity index (χ1v) is 4.89. The standard InChI is InChI=1S/C11H11ClN2O/c1-8(14-11(15)7-13-2)9-3-5-10(12)6-4-9/h3-6,8H,7H2,1H3,(H,14,15)/t8-/m1/s1. The molecule has 0 radical (unpaired) electrons. The highest BCUT2D eigenvalue weighted by Crippen LogP contribution is 2.15. The molecule has 0 bridgehead atoms. The topological polar surface area (TPSA) is 33.5 Å². The molecule has 1 amide bonds. The van der Waals surface area contributed by atoms with Crippen molar-refractivity contribution in [2.24, 2.45) is 0 Å². The molecule has 1 N–H and O–H groups in total. The van der Waals surface area contributed by atoms with Crippen molar-refractivity contribution in [2.45, 2.75) is 13.0 Å². The van der Waals surface area contributed by atoms with Crippen LogP contribution in [0.3, 0.4) is 0 Å². The van der Waals surface area contributed by atoms with Gasteiger partial charge in [0.25, 0.3) is 6.54 Å². The molecule has 3 nitrogen and oxygen atoms in total. The molecule has 0 aliphatic rings. The van der Waals surface area contributed by atoms with E-state index in [1.54, 1.807) is 12.1 Å². The average Bonchev–Trinajstić information content (AvgIpc) is 2.18. The van der Waals surface area contributed by atoms with E-state index in [0.29, 0.717) is 5.02 Å². The van der Waals surface area contributed by atoms with Crippen molar-refractivity contribution < 1.29 is 4.79 Å². The molecule has 0 aliphatic carbocycles. The van der Waals surface area contributed by atoms with Gasteiger partial charge in [0, 0.05) is 5.02 Å². The van der Waals surface area contributed by atoms with Crippen molar-refractivity contribution in [1.29, 1.82) is 0 Å². The SMILES string of the molecule is [C-]#[N+]CC(=O)N[C@H](C)c1ccc(Cl)cc1. The van der Waals surface area contributed by atoms with Crippen LogP contribution in [-0.4, -0.2) is 12.5 Å². The van der Waals surface area contributed by atoms with Crippen molar-refractivity contribution in [3.63, 3.8) is 0 Å². The summed E-state index contributed by atoms with van der Waals surface area (Å²) in [6.07, 6.45) is 0. The first-order valence-electron chi connectivity index (χ1n) is 4.51. The van der Waals surface area contributed by atoms with Gasteiger partial charge in [-0.25, -0.2) is 6.57 Å². The molecule has 1 aromatic carbocycles. The summed E-state index contributed by atoms with van der Waals surface area (Å²) < 4.78 is 0. The Morgan fingerprint density at radius 3 is 2.67 bits per heavy atom. The molecule has 0 fully saturated rings. The molecule has 0 aromatic heterocycles. The maximum Gasteiger partial charge on any atom is 0.300 e. The first kappa shape index (κ1) is 11.5. The van der Waals surface area contributed by atoms with Crippen LogP contribution >= 0.6 is 11.6 Å². The molecule has 1 rings (SSSR count). The largest absolute Gasteiger partial charge is 0.343 e. The molecule has 0 aliphatic heterocycles. The van der Waals surface area contributed by atoms with Crippen molar-refractivity contribution in [3.8, 4) is 0 Å². The molecule has 0 saturated heterocycles. The lowest BCUT2D eigenvalue weighted by molar-refractivity contribution is -0.119. The van der Waals surface area contributed by atoms with Crippen LogP contribution in [0.25, 0.3) is 4.85 Å². The quantitative estimate of drug-likeness (QED) is 0.783. The van der Waals surface area contributed by atoms with Crippen LogP contribution in [0.15, 0.2) is 24.3 Å². The number of benzene rings is 1. The first-order chi connectivity index (χ1) is 7.13. The van der Waals surface area contributed by atoms with Crippen LogP contribution in [0.2, 0.25) is 5.02 Å². The Balaban J connectivity index is 2.61. The van der Waals surface area contributed by atoms with Gasteiger partial charge in [-0.15, -0.1) is 0 Å². The van der Waals surface area contributed by atoms with E-state index in [1.807, 2.05) is 19.1 Å². The monoisotopic (exact) mass is 222 g/mol. The van der Waals surface area contributed by atoms with Crippen molar-refractivity contribution in [2.75, 3.05) is 6.54 Å². The molecule has 0 heterocycles. The number of carbonyl (C=O) groups is 1. The van der Waals surface area contributed by atoms with Crippen molar-refractivity contribution in [3.05, 3.63) is 46.3 Å². The van der Waals surface area contributed by atoms with Gasteiger partial charge in [-0.2, -0.15) is 0 Å². The zero-order chi connectivity index (χ0) is 11.3. The predicted molar refractivity (Wildman–Crippen MR) is 59.5 cm³/mol. The van der Waals surface area contributed by atoms with Crippen LogP contribution in [0.4, 0.5) is 0 Å². The van der Waals surface area contributed by atoms with E-state index in [1.165, 1.54) is 0 Å². The lowest BCUT2D eigenvalue weighted by Gasteiger charge is -2.12. The van der Waals surface area contributed by atoms with Gasteiger partial charge in [-0.1, -0.05) is 23.7 Å². The number of rotatable bonds is 3. The number of halogens is 1. The third kappa shape index (κ3) is 3.61. The van der Waals surface area contributed by atoms with E-state index in [0.717, 1.165) is 5.56 Å². The molecule has 0 unspecified atom stereocenters. The normalized spacial score (nSPS) is 11.5. The van der Waals surface area contributed by atoms with Gasteiger partial charge in [0.05, 0.1) is 6.04 Å². The molecule has 0 spiro atoms.